The average Bonchev–Trinajstić information content (AvgIpc) is 3.19. The summed E-state index contributed by atoms with van der Waals surface area (Å²) in [6, 6.07) is 27.0. The molecular weight excluding hydrogens is 705 g/mol. The van der Waals surface area contributed by atoms with Crippen LogP contribution in [0.1, 0.15) is 145 Å². The van der Waals surface area contributed by atoms with Crippen LogP contribution in [0.2, 0.25) is 0 Å². The number of carbonyl (C=O) groups is 3. The first-order valence-corrected chi connectivity index (χ1v) is 19.8. The predicted molar refractivity (Wildman–Crippen MR) is 217 cm³/mol. The van der Waals surface area contributed by atoms with Crippen molar-refractivity contribution in [2.24, 2.45) is 5.41 Å². The monoisotopic (exact) mass is 760 g/mol. The molecule has 4 aromatic rings. The van der Waals surface area contributed by atoms with Crippen LogP contribution in [-0.4, -0.2) is 35.2 Å². The number of fused-ring (bicyclic) bond motifs is 2. The van der Waals surface area contributed by atoms with Gasteiger partial charge in [0, 0.05) is 10.8 Å². The molecule has 0 radical (unpaired) electrons. The van der Waals surface area contributed by atoms with E-state index in [1.165, 1.54) is 0 Å². The molecule has 0 N–H and O–H groups in total. The average molecular weight is 761 g/mol. The molecule has 0 saturated carbocycles. The standard InChI is InChI=1S/C48H56O8/c1-12-26-47(10)29-30(3)52-41(49)37-27-33(18-24-39(37)54-43(47)51)44(4,5)31-14-20-35(21-15-31)53-36-22-16-32(17-23-36)45(6,7)34-19-25-40-38(28-34)42(50)56-46(8,9)48(11,13-2)55-40/h14-25,27-28,30H,12-13,26,29H2,1-11H3. The highest BCUT2D eigenvalue weighted by molar-refractivity contribution is 5.95. The lowest BCUT2D eigenvalue weighted by Gasteiger charge is -2.40. The Morgan fingerprint density at radius 3 is 1.64 bits per heavy atom. The molecule has 0 amide bonds. The first-order chi connectivity index (χ1) is 26.2. The Hall–Kier alpha value is -5.11. The summed E-state index contributed by atoms with van der Waals surface area (Å²) in [6.07, 6.45) is 2.10. The highest BCUT2D eigenvalue weighted by Crippen LogP contribution is 2.43. The van der Waals surface area contributed by atoms with Crippen molar-refractivity contribution in [3.63, 3.8) is 0 Å². The van der Waals surface area contributed by atoms with E-state index >= 15 is 0 Å². The maximum absolute atomic E-state index is 13.4. The molecule has 4 aromatic carbocycles. The maximum Gasteiger partial charge on any atom is 0.342 e. The number of hydrogen-bond acceptors (Lipinski definition) is 8. The van der Waals surface area contributed by atoms with Gasteiger partial charge in [-0.2, -0.15) is 0 Å². The normalized spacial score (nSPS) is 22.4. The van der Waals surface area contributed by atoms with Gasteiger partial charge in [-0.25, -0.2) is 9.59 Å². The Balaban J connectivity index is 1.18. The van der Waals surface area contributed by atoms with Gasteiger partial charge in [-0.15, -0.1) is 0 Å². The third kappa shape index (κ3) is 7.55. The second-order valence-electron chi connectivity index (χ2n) is 17.5. The van der Waals surface area contributed by atoms with E-state index in [4.69, 9.17) is 23.7 Å². The van der Waals surface area contributed by atoms with Crippen LogP contribution >= 0.6 is 0 Å². The first-order valence-electron chi connectivity index (χ1n) is 19.8. The molecule has 8 nitrogen and oxygen atoms in total. The summed E-state index contributed by atoms with van der Waals surface area (Å²) in [5.74, 6) is 0.886. The highest BCUT2D eigenvalue weighted by atomic mass is 16.6. The van der Waals surface area contributed by atoms with Crippen LogP contribution in [0.15, 0.2) is 84.9 Å². The van der Waals surface area contributed by atoms with Gasteiger partial charge in [0.2, 0.25) is 0 Å². The Morgan fingerprint density at radius 1 is 0.661 bits per heavy atom. The minimum absolute atomic E-state index is 0.218. The van der Waals surface area contributed by atoms with Crippen LogP contribution in [0.25, 0.3) is 0 Å². The molecule has 6 rings (SSSR count). The third-order valence-electron chi connectivity index (χ3n) is 12.4. The lowest BCUT2D eigenvalue weighted by Crippen LogP contribution is -2.53. The Labute approximate surface area is 331 Å². The molecule has 56 heavy (non-hydrogen) atoms. The molecule has 296 valence electrons. The van der Waals surface area contributed by atoms with Gasteiger partial charge in [-0.3, -0.25) is 4.79 Å². The second kappa shape index (κ2) is 14.8. The molecule has 0 fully saturated rings. The molecular formula is C48H56O8. The van der Waals surface area contributed by atoms with Crippen LogP contribution < -0.4 is 14.2 Å². The summed E-state index contributed by atoms with van der Waals surface area (Å²) in [6.45, 7) is 22.0. The molecule has 0 spiro atoms. The van der Waals surface area contributed by atoms with Crippen molar-refractivity contribution < 1.29 is 38.1 Å². The van der Waals surface area contributed by atoms with Crippen molar-refractivity contribution in [1.29, 1.82) is 0 Å². The maximum atomic E-state index is 13.4. The van der Waals surface area contributed by atoms with Gasteiger partial charge in [0.05, 0.1) is 5.41 Å². The predicted octanol–water partition coefficient (Wildman–Crippen LogP) is 11.3. The lowest BCUT2D eigenvalue weighted by atomic mass is 9.77. The zero-order valence-corrected chi connectivity index (χ0v) is 34.8. The lowest BCUT2D eigenvalue weighted by molar-refractivity contribution is -0.147. The molecule has 2 aliphatic rings. The fourth-order valence-corrected chi connectivity index (χ4v) is 7.93. The largest absolute Gasteiger partial charge is 0.483 e. The van der Waals surface area contributed by atoms with Crippen LogP contribution in [0, 0.1) is 5.41 Å². The quantitative estimate of drug-likeness (QED) is 0.123. The van der Waals surface area contributed by atoms with Crippen molar-refractivity contribution in [2.45, 2.75) is 130 Å². The SMILES string of the molecule is CCCC1(C)CC(C)OC(=O)c2cc(C(C)(C)c3ccc(Oc4ccc(C(C)(C)c5ccc6c(c5)C(=O)OC(C)(C)C(C)(CC)O6)cc4)cc3)ccc2OC1=O. The minimum atomic E-state index is -0.798. The number of ether oxygens (including phenoxy) is 5. The summed E-state index contributed by atoms with van der Waals surface area (Å²) in [5.41, 5.74) is 1.43. The summed E-state index contributed by atoms with van der Waals surface area (Å²) in [7, 11) is 0. The molecule has 3 atom stereocenters. The van der Waals surface area contributed by atoms with Crippen LogP contribution in [0.3, 0.4) is 0 Å². The summed E-state index contributed by atoms with van der Waals surface area (Å²) in [5, 5.41) is 0. The van der Waals surface area contributed by atoms with Gasteiger partial charge in [-0.05, 0) is 125 Å². The van der Waals surface area contributed by atoms with Crippen molar-refractivity contribution in [3.05, 3.63) is 118 Å². The van der Waals surface area contributed by atoms with Crippen molar-refractivity contribution in [1.82, 2.24) is 0 Å². The van der Waals surface area contributed by atoms with E-state index in [0.29, 0.717) is 42.1 Å². The Morgan fingerprint density at radius 2 is 1.14 bits per heavy atom. The molecule has 3 unspecified atom stereocenters. The number of cyclic esters (lactones) is 2. The number of benzene rings is 4. The van der Waals surface area contributed by atoms with E-state index in [1.807, 2.05) is 121 Å². The zero-order chi connectivity index (χ0) is 40.8. The van der Waals surface area contributed by atoms with E-state index in [-0.39, 0.29) is 23.3 Å². The fourth-order valence-electron chi connectivity index (χ4n) is 7.93. The van der Waals surface area contributed by atoms with Crippen LogP contribution in [-0.2, 0) is 25.1 Å². The number of esters is 3. The van der Waals surface area contributed by atoms with Crippen molar-refractivity contribution in [3.8, 4) is 23.0 Å². The smallest absolute Gasteiger partial charge is 0.342 e. The van der Waals surface area contributed by atoms with Crippen LogP contribution in [0.4, 0.5) is 0 Å². The van der Waals surface area contributed by atoms with E-state index in [0.717, 1.165) is 28.7 Å². The first kappa shape index (κ1) is 40.6. The van der Waals surface area contributed by atoms with Crippen molar-refractivity contribution in [2.75, 3.05) is 0 Å². The Kier molecular flexibility index (Phi) is 10.7. The summed E-state index contributed by atoms with van der Waals surface area (Å²) >= 11 is 0. The van der Waals surface area contributed by atoms with Crippen LogP contribution in [0.5, 0.6) is 23.0 Å². The van der Waals surface area contributed by atoms with Gasteiger partial charge >= 0.3 is 17.9 Å². The number of carbonyl (C=O) groups excluding carboxylic acids is 3. The topological polar surface area (TPSA) is 97.4 Å². The Bertz CT molecular complexity index is 2130. The minimum Gasteiger partial charge on any atom is -0.483 e. The van der Waals surface area contributed by atoms with Gasteiger partial charge in [0.15, 0.2) is 0 Å². The van der Waals surface area contributed by atoms with E-state index in [2.05, 4.69) is 27.7 Å². The molecule has 0 saturated heterocycles. The molecule has 8 heteroatoms. The van der Waals surface area contributed by atoms with E-state index in [9.17, 15) is 14.4 Å². The van der Waals surface area contributed by atoms with Gasteiger partial charge in [0.25, 0.3) is 0 Å². The number of hydrogen-bond donors (Lipinski definition) is 0. The van der Waals surface area contributed by atoms with E-state index in [1.54, 1.807) is 12.1 Å². The van der Waals surface area contributed by atoms with Gasteiger partial charge in [-0.1, -0.05) is 84.4 Å². The van der Waals surface area contributed by atoms with Gasteiger partial charge in [0.1, 0.15) is 51.4 Å². The fraction of sp³-hybridized carbons (Fsp3) is 0.438. The van der Waals surface area contributed by atoms with Crippen molar-refractivity contribution >= 4 is 17.9 Å². The second-order valence-corrected chi connectivity index (χ2v) is 17.5. The molecule has 0 aliphatic carbocycles. The van der Waals surface area contributed by atoms with E-state index < -0.39 is 39.5 Å². The summed E-state index contributed by atoms with van der Waals surface area (Å²) in [4.78, 5) is 40.0. The highest BCUT2D eigenvalue weighted by Gasteiger charge is 2.48. The molecule has 2 aliphatic heterocycles. The van der Waals surface area contributed by atoms with Gasteiger partial charge < -0.3 is 23.7 Å². The summed E-state index contributed by atoms with van der Waals surface area (Å²) < 4.78 is 30.4. The number of rotatable bonds is 9. The third-order valence-corrected chi connectivity index (χ3v) is 12.4. The molecule has 0 bridgehead atoms. The molecule has 0 aromatic heterocycles. The molecule has 2 heterocycles. The zero-order valence-electron chi connectivity index (χ0n) is 34.8.